The molecule has 1 rings (SSSR count). The first kappa shape index (κ1) is 17.2. The highest BCUT2D eigenvalue weighted by Gasteiger charge is 2.16. The van der Waals surface area contributed by atoms with Gasteiger partial charge >= 0.3 is 0 Å². The summed E-state index contributed by atoms with van der Waals surface area (Å²) < 4.78 is 11.0. The smallest absolute Gasteiger partial charge is 0.0659 e. The van der Waals surface area contributed by atoms with E-state index in [1.165, 1.54) is 12.0 Å². The molecule has 0 amide bonds. The van der Waals surface area contributed by atoms with Gasteiger partial charge in [0.25, 0.3) is 0 Å². The molecule has 1 atom stereocenters. The number of benzene rings is 1. The van der Waals surface area contributed by atoms with Gasteiger partial charge < -0.3 is 15.2 Å². The number of hydrogen-bond acceptors (Lipinski definition) is 3. The van der Waals surface area contributed by atoms with Crippen LogP contribution in [0.5, 0.6) is 0 Å². The third-order valence-electron chi connectivity index (χ3n) is 3.65. The molecule has 0 aliphatic carbocycles. The van der Waals surface area contributed by atoms with Crippen molar-refractivity contribution in [3.05, 3.63) is 35.4 Å². The molecular weight excluding hydrogens is 250 g/mol. The molecule has 0 heterocycles. The number of nitrogens with two attached hydrogens (primary N) is 1. The molecule has 0 bridgehead atoms. The fourth-order valence-electron chi connectivity index (χ4n) is 1.95. The molecule has 0 aromatic heterocycles. The molecule has 0 fully saturated rings. The van der Waals surface area contributed by atoms with Gasteiger partial charge in [0.05, 0.1) is 18.2 Å². The van der Waals surface area contributed by atoms with Crippen molar-refractivity contribution in [2.45, 2.75) is 51.7 Å². The van der Waals surface area contributed by atoms with Crippen LogP contribution in [-0.2, 0) is 15.9 Å². The maximum absolute atomic E-state index is 6.15. The minimum atomic E-state index is -0.133. The average Bonchev–Trinajstić information content (AvgIpc) is 2.44. The number of aryl methyl sites for hydroxylation is 1. The van der Waals surface area contributed by atoms with Gasteiger partial charge in [-0.2, -0.15) is 0 Å². The second-order valence-corrected chi connectivity index (χ2v) is 5.89. The molecule has 3 heteroatoms. The van der Waals surface area contributed by atoms with E-state index in [1.807, 2.05) is 0 Å². The monoisotopic (exact) mass is 279 g/mol. The van der Waals surface area contributed by atoms with Crippen LogP contribution in [0.15, 0.2) is 24.3 Å². The van der Waals surface area contributed by atoms with Gasteiger partial charge in [0.1, 0.15) is 0 Å². The Morgan fingerprint density at radius 3 is 2.40 bits per heavy atom. The molecule has 1 aromatic rings. The van der Waals surface area contributed by atoms with E-state index in [4.69, 9.17) is 15.2 Å². The van der Waals surface area contributed by atoms with Crippen LogP contribution in [0.1, 0.15) is 50.8 Å². The SMILES string of the molecule is CCCc1ccc(C(N)COCCC(C)(C)OC)cc1. The molecule has 20 heavy (non-hydrogen) atoms. The summed E-state index contributed by atoms with van der Waals surface area (Å²) in [6.45, 7) is 7.52. The first-order chi connectivity index (χ1) is 9.48. The molecule has 2 N–H and O–H groups in total. The van der Waals surface area contributed by atoms with Crippen LogP contribution < -0.4 is 5.73 Å². The number of ether oxygens (including phenoxy) is 2. The summed E-state index contributed by atoms with van der Waals surface area (Å²) >= 11 is 0. The zero-order valence-electron chi connectivity index (χ0n) is 13.3. The van der Waals surface area contributed by atoms with Crippen LogP contribution in [0, 0.1) is 0 Å². The number of methoxy groups -OCH3 is 1. The van der Waals surface area contributed by atoms with Crippen LogP contribution in [-0.4, -0.2) is 25.9 Å². The van der Waals surface area contributed by atoms with Crippen molar-refractivity contribution in [1.29, 1.82) is 0 Å². The highest BCUT2D eigenvalue weighted by Crippen LogP contribution is 2.15. The van der Waals surface area contributed by atoms with Gasteiger partial charge in [-0.3, -0.25) is 0 Å². The third kappa shape index (κ3) is 6.04. The summed E-state index contributed by atoms with van der Waals surface area (Å²) in [5, 5.41) is 0. The fourth-order valence-corrected chi connectivity index (χ4v) is 1.95. The van der Waals surface area contributed by atoms with E-state index in [2.05, 4.69) is 45.0 Å². The lowest BCUT2D eigenvalue weighted by Gasteiger charge is -2.23. The highest BCUT2D eigenvalue weighted by molar-refractivity contribution is 5.24. The van der Waals surface area contributed by atoms with E-state index in [9.17, 15) is 0 Å². The molecule has 114 valence electrons. The normalized spacial score (nSPS) is 13.4. The van der Waals surface area contributed by atoms with Gasteiger partial charge in [-0.15, -0.1) is 0 Å². The van der Waals surface area contributed by atoms with Crippen molar-refractivity contribution in [2.24, 2.45) is 5.73 Å². The summed E-state index contributed by atoms with van der Waals surface area (Å²) in [7, 11) is 1.73. The molecule has 3 nitrogen and oxygen atoms in total. The van der Waals surface area contributed by atoms with E-state index in [0.29, 0.717) is 13.2 Å². The predicted octanol–water partition coefficient (Wildman–Crippen LogP) is 3.47. The summed E-state index contributed by atoms with van der Waals surface area (Å²) in [6.07, 6.45) is 3.16. The standard InChI is InChI=1S/C17H29NO2/c1-5-6-14-7-9-15(10-8-14)16(18)13-20-12-11-17(2,3)19-4/h7-10,16H,5-6,11-13,18H2,1-4H3. The van der Waals surface area contributed by atoms with Crippen molar-refractivity contribution < 1.29 is 9.47 Å². The largest absolute Gasteiger partial charge is 0.379 e. The fraction of sp³-hybridized carbons (Fsp3) is 0.647. The van der Waals surface area contributed by atoms with Crippen LogP contribution in [0.4, 0.5) is 0 Å². The minimum absolute atomic E-state index is 0.0590. The lowest BCUT2D eigenvalue weighted by Crippen LogP contribution is -2.25. The molecule has 0 radical (unpaired) electrons. The lowest BCUT2D eigenvalue weighted by molar-refractivity contribution is -0.0113. The van der Waals surface area contributed by atoms with Crippen molar-refractivity contribution >= 4 is 0 Å². The van der Waals surface area contributed by atoms with Gasteiger partial charge in [-0.1, -0.05) is 37.6 Å². The topological polar surface area (TPSA) is 44.5 Å². The zero-order valence-corrected chi connectivity index (χ0v) is 13.3. The predicted molar refractivity (Wildman–Crippen MR) is 83.9 cm³/mol. The Bertz CT molecular complexity index is 373. The first-order valence-corrected chi connectivity index (χ1v) is 7.46. The van der Waals surface area contributed by atoms with E-state index in [-0.39, 0.29) is 11.6 Å². The van der Waals surface area contributed by atoms with Crippen molar-refractivity contribution in [1.82, 2.24) is 0 Å². The maximum atomic E-state index is 6.15. The van der Waals surface area contributed by atoms with E-state index in [0.717, 1.165) is 18.4 Å². The van der Waals surface area contributed by atoms with Crippen LogP contribution in [0.2, 0.25) is 0 Å². The number of rotatable bonds is 9. The third-order valence-corrected chi connectivity index (χ3v) is 3.65. The second-order valence-electron chi connectivity index (χ2n) is 5.89. The summed E-state index contributed by atoms with van der Waals surface area (Å²) in [4.78, 5) is 0. The van der Waals surface area contributed by atoms with E-state index < -0.39 is 0 Å². The average molecular weight is 279 g/mol. The van der Waals surface area contributed by atoms with Crippen molar-refractivity contribution in [3.63, 3.8) is 0 Å². The quantitative estimate of drug-likeness (QED) is 0.704. The molecule has 0 spiro atoms. The Morgan fingerprint density at radius 1 is 1.20 bits per heavy atom. The van der Waals surface area contributed by atoms with Crippen molar-refractivity contribution in [3.8, 4) is 0 Å². The van der Waals surface area contributed by atoms with Gasteiger partial charge in [-0.05, 0) is 37.8 Å². The van der Waals surface area contributed by atoms with Gasteiger partial charge in [0.2, 0.25) is 0 Å². The summed E-state index contributed by atoms with van der Waals surface area (Å²) in [5.41, 5.74) is 8.51. The maximum Gasteiger partial charge on any atom is 0.0659 e. The molecule has 0 aliphatic heterocycles. The molecular formula is C17H29NO2. The van der Waals surface area contributed by atoms with Crippen molar-refractivity contribution in [2.75, 3.05) is 20.3 Å². The van der Waals surface area contributed by atoms with E-state index in [1.54, 1.807) is 7.11 Å². The first-order valence-electron chi connectivity index (χ1n) is 7.46. The number of hydrogen-bond donors (Lipinski definition) is 1. The van der Waals surface area contributed by atoms with Crippen LogP contribution >= 0.6 is 0 Å². The Labute approximate surface area is 123 Å². The Morgan fingerprint density at radius 2 is 1.85 bits per heavy atom. The van der Waals surface area contributed by atoms with E-state index >= 15 is 0 Å². The molecule has 0 saturated heterocycles. The Balaban J connectivity index is 2.33. The van der Waals surface area contributed by atoms with Crippen LogP contribution in [0.3, 0.4) is 0 Å². The molecule has 1 unspecified atom stereocenters. The Hall–Kier alpha value is -0.900. The van der Waals surface area contributed by atoms with Crippen LogP contribution in [0.25, 0.3) is 0 Å². The zero-order chi connectivity index (χ0) is 15.0. The second kappa shape index (κ2) is 8.40. The molecule has 0 aliphatic rings. The Kier molecular flexibility index (Phi) is 7.20. The highest BCUT2D eigenvalue weighted by atomic mass is 16.5. The lowest BCUT2D eigenvalue weighted by atomic mass is 10.0. The summed E-state index contributed by atoms with van der Waals surface area (Å²) in [6, 6.07) is 8.48. The summed E-state index contributed by atoms with van der Waals surface area (Å²) in [5.74, 6) is 0. The van der Waals surface area contributed by atoms with Gasteiger partial charge in [0, 0.05) is 13.7 Å². The minimum Gasteiger partial charge on any atom is -0.379 e. The molecule has 0 saturated carbocycles. The molecule has 1 aromatic carbocycles. The van der Waals surface area contributed by atoms with Gasteiger partial charge in [0.15, 0.2) is 0 Å². The van der Waals surface area contributed by atoms with Gasteiger partial charge in [-0.25, -0.2) is 0 Å².